The highest BCUT2D eigenvalue weighted by atomic mass is 16.6. The highest BCUT2D eigenvalue weighted by Crippen LogP contribution is 2.23. The molecule has 1 atom stereocenters. The largest absolute Gasteiger partial charge is 0.449 e. The van der Waals surface area contributed by atoms with Crippen LogP contribution in [0.3, 0.4) is 0 Å². The first-order valence-electron chi connectivity index (χ1n) is 7.86. The van der Waals surface area contributed by atoms with Gasteiger partial charge in [0.1, 0.15) is 5.69 Å². The number of anilines is 2. The molecule has 0 saturated heterocycles. The Morgan fingerprint density at radius 1 is 1.11 bits per heavy atom. The first kappa shape index (κ1) is 19.6. The van der Waals surface area contributed by atoms with Crippen LogP contribution >= 0.6 is 0 Å². The molecule has 0 aliphatic heterocycles. The number of nitrogen functional groups attached to an aromatic ring is 1. The Bertz CT molecular complexity index is 908. The maximum absolute atomic E-state index is 12.1. The van der Waals surface area contributed by atoms with Crippen LogP contribution in [0.5, 0.6) is 0 Å². The van der Waals surface area contributed by atoms with Gasteiger partial charge in [-0.3, -0.25) is 19.7 Å². The summed E-state index contributed by atoms with van der Waals surface area (Å²) in [6, 6.07) is 9.69. The van der Waals surface area contributed by atoms with E-state index in [1.54, 1.807) is 24.3 Å². The molecule has 0 aliphatic rings. The second kappa shape index (κ2) is 8.09. The van der Waals surface area contributed by atoms with Crippen LogP contribution in [0.15, 0.2) is 42.5 Å². The lowest BCUT2D eigenvalue weighted by molar-refractivity contribution is -0.383. The molecule has 0 saturated carbocycles. The number of rotatable bonds is 6. The fraction of sp³-hybridized carbons (Fsp3) is 0.167. The summed E-state index contributed by atoms with van der Waals surface area (Å²) < 4.78 is 5.04. The molecular formula is C18H17N3O6. The van der Waals surface area contributed by atoms with Crippen molar-refractivity contribution in [2.24, 2.45) is 0 Å². The van der Waals surface area contributed by atoms with E-state index in [-0.39, 0.29) is 17.0 Å². The molecule has 2 aromatic carbocycles. The maximum Gasteiger partial charge on any atom is 0.339 e. The van der Waals surface area contributed by atoms with Crippen LogP contribution in [0.4, 0.5) is 17.1 Å². The van der Waals surface area contributed by atoms with Crippen LogP contribution in [0.1, 0.15) is 34.6 Å². The summed E-state index contributed by atoms with van der Waals surface area (Å²) in [4.78, 5) is 45.7. The molecule has 0 heterocycles. The average Bonchev–Trinajstić information content (AvgIpc) is 2.62. The minimum absolute atomic E-state index is 0.0867. The van der Waals surface area contributed by atoms with Gasteiger partial charge in [0.15, 0.2) is 11.9 Å². The molecule has 9 heteroatoms. The zero-order valence-electron chi connectivity index (χ0n) is 14.6. The number of amides is 1. The maximum atomic E-state index is 12.1. The van der Waals surface area contributed by atoms with Crippen LogP contribution in [-0.4, -0.2) is 28.7 Å². The number of hydrogen-bond acceptors (Lipinski definition) is 7. The molecule has 2 aromatic rings. The Kier molecular flexibility index (Phi) is 5.86. The van der Waals surface area contributed by atoms with Crippen LogP contribution < -0.4 is 11.1 Å². The van der Waals surface area contributed by atoms with Gasteiger partial charge in [-0.25, -0.2) is 4.79 Å². The molecule has 27 heavy (non-hydrogen) atoms. The Morgan fingerprint density at radius 2 is 1.70 bits per heavy atom. The molecule has 0 aromatic heterocycles. The third-order valence-electron chi connectivity index (χ3n) is 3.67. The number of carbonyl (C=O) groups excluding carboxylic acids is 3. The van der Waals surface area contributed by atoms with Gasteiger partial charge in [-0.2, -0.15) is 0 Å². The zero-order valence-corrected chi connectivity index (χ0v) is 14.6. The number of ether oxygens (including phenoxy) is 1. The van der Waals surface area contributed by atoms with Gasteiger partial charge in [0.2, 0.25) is 0 Å². The normalized spacial score (nSPS) is 11.3. The summed E-state index contributed by atoms with van der Waals surface area (Å²) in [5.74, 6) is -1.59. The summed E-state index contributed by atoms with van der Waals surface area (Å²) >= 11 is 0. The summed E-state index contributed by atoms with van der Waals surface area (Å²) in [6.45, 7) is 2.79. The van der Waals surface area contributed by atoms with Crippen molar-refractivity contribution in [1.82, 2.24) is 0 Å². The van der Waals surface area contributed by atoms with Crippen LogP contribution in [0.25, 0.3) is 0 Å². The standard InChI is InChI=1S/C18H17N3O6/c1-10(22)12-3-6-14(7-4-12)20-17(23)11(2)27-18(24)13-5-8-15(19)16(9-13)21(25)26/h3-9,11H,19H2,1-2H3,(H,20,23)/t11-/m0/s1. The highest BCUT2D eigenvalue weighted by Gasteiger charge is 2.21. The summed E-state index contributed by atoms with van der Waals surface area (Å²) in [5.41, 5.74) is 5.79. The number of hydrogen-bond donors (Lipinski definition) is 2. The summed E-state index contributed by atoms with van der Waals surface area (Å²) in [5, 5.41) is 13.4. The van der Waals surface area contributed by atoms with Gasteiger partial charge >= 0.3 is 5.97 Å². The number of ketones is 1. The van der Waals surface area contributed by atoms with Gasteiger partial charge in [0, 0.05) is 17.3 Å². The third kappa shape index (κ3) is 4.88. The van der Waals surface area contributed by atoms with Crippen molar-refractivity contribution in [3.05, 3.63) is 63.7 Å². The number of carbonyl (C=O) groups is 3. The number of nitro benzene ring substituents is 1. The van der Waals surface area contributed by atoms with E-state index in [0.717, 1.165) is 6.07 Å². The number of nitrogens with two attached hydrogens (primary N) is 1. The Hall–Kier alpha value is -3.75. The van der Waals surface area contributed by atoms with E-state index in [9.17, 15) is 24.5 Å². The third-order valence-corrected chi connectivity index (χ3v) is 3.67. The molecule has 140 valence electrons. The number of nitrogens with one attached hydrogen (secondary N) is 1. The van der Waals surface area contributed by atoms with Crippen molar-refractivity contribution >= 4 is 34.7 Å². The van der Waals surface area contributed by atoms with Crippen LogP contribution in [0.2, 0.25) is 0 Å². The molecule has 3 N–H and O–H groups in total. The van der Waals surface area contributed by atoms with E-state index in [4.69, 9.17) is 10.5 Å². The van der Waals surface area contributed by atoms with E-state index < -0.39 is 28.6 Å². The second-order valence-electron chi connectivity index (χ2n) is 5.70. The van der Waals surface area contributed by atoms with E-state index in [0.29, 0.717) is 11.3 Å². The zero-order chi connectivity index (χ0) is 20.1. The first-order chi connectivity index (χ1) is 12.7. The van der Waals surface area contributed by atoms with Gasteiger partial charge in [-0.1, -0.05) is 0 Å². The fourth-order valence-electron chi connectivity index (χ4n) is 2.14. The molecule has 9 nitrogen and oxygen atoms in total. The number of nitro groups is 1. The Morgan fingerprint density at radius 3 is 2.26 bits per heavy atom. The molecule has 2 rings (SSSR count). The molecule has 0 radical (unpaired) electrons. The van der Waals surface area contributed by atoms with Gasteiger partial charge in [-0.05, 0) is 50.2 Å². The topological polar surface area (TPSA) is 142 Å². The monoisotopic (exact) mass is 371 g/mol. The molecule has 0 spiro atoms. The predicted molar refractivity (Wildman–Crippen MR) is 97.5 cm³/mol. The van der Waals surface area contributed by atoms with Crippen molar-refractivity contribution < 1.29 is 24.0 Å². The molecule has 0 aliphatic carbocycles. The minimum atomic E-state index is -1.15. The van der Waals surface area contributed by atoms with Crippen LogP contribution in [-0.2, 0) is 9.53 Å². The fourth-order valence-corrected chi connectivity index (χ4v) is 2.14. The quantitative estimate of drug-likeness (QED) is 0.261. The summed E-state index contributed by atoms with van der Waals surface area (Å²) in [7, 11) is 0. The van der Waals surface area contributed by atoms with E-state index >= 15 is 0 Å². The highest BCUT2D eigenvalue weighted by molar-refractivity contribution is 5.98. The van der Waals surface area contributed by atoms with Crippen molar-refractivity contribution in [3.63, 3.8) is 0 Å². The number of Topliss-reactive ketones (excluding diaryl/α,β-unsaturated/α-hetero) is 1. The van der Waals surface area contributed by atoms with Crippen molar-refractivity contribution in [2.45, 2.75) is 20.0 Å². The SMILES string of the molecule is CC(=O)c1ccc(NC(=O)[C@H](C)OC(=O)c2ccc(N)c([N+](=O)[O-])c2)cc1. The van der Waals surface area contributed by atoms with E-state index in [1.165, 1.54) is 26.0 Å². The number of nitrogens with zero attached hydrogens (tertiary/aromatic N) is 1. The van der Waals surface area contributed by atoms with E-state index in [2.05, 4.69) is 5.32 Å². The lowest BCUT2D eigenvalue weighted by Crippen LogP contribution is -2.30. The second-order valence-corrected chi connectivity index (χ2v) is 5.70. The first-order valence-corrected chi connectivity index (χ1v) is 7.86. The summed E-state index contributed by atoms with van der Waals surface area (Å²) in [6.07, 6.45) is -1.15. The van der Waals surface area contributed by atoms with Gasteiger partial charge in [0.05, 0.1) is 10.5 Å². The number of esters is 1. The Balaban J connectivity index is 2.03. The molecule has 0 fully saturated rings. The van der Waals surface area contributed by atoms with Crippen molar-refractivity contribution in [2.75, 3.05) is 11.1 Å². The number of benzene rings is 2. The van der Waals surface area contributed by atoms with Crippen molar-refractivity contribution in [3.8, 4) is 0 Å². The lowest BCUT2D eigenvalue weighted by Gasteiger charge is -2.14. The van der Waals surface area contributed by atoms with Crippen LogP contribution in [0, 0.1) is 10.1 Å². The van der Waals surface area contributed by atoms with Gasteiger partial charge in [0.25, 0.3) is 11.6 Å². The molecule has 1 amide bonds. The smallest absolute Gasteiger partial charge is 0.339 e. The minimum Gasteiger partial charge on any atom is -0.449 e. The molecular weight excluding hydrogens is 354 g/mol. The lowest BCUT2D eigenvalue weighted by atomic mass is 10.1. The molecule has 0 bridgehead atoms. The van der Waals surface area contributed by atoms with Crippen molar-refractivity contribution in [1.29, 1.82) is 0 Å². The Labute approximate surface area is 154 Å². The predicted octanol–water partition coefficient (Wildman–Crippen LogP) is 2.56. The molecule has 0 unspecified atom stereocenters. The van der Waals surface area contributed by atoms with E-state index in [1.807, 2.05) is 0 Å². The van der Waals surface area contributed by atoms with Gasteiger partial charge in [-0.15, -0.1) is 0 Å². The van der Waals surface area contributed by atoms with Gasteiger partial charge < -0.3 is 15.8 Å². The average molecular weight is 371 g/mol.